The Morgan fingerprint density at radius 2 is 1.82 bits per heavy atom. The van der Waals surface area contributed by atoms with Gasteiger partial charge in [0.1, 0.15) is 11.5 Å². The van der Waals surface area contributed by atoms with Crippen molar-refractivity contribution in [3.8, 4) is 22.8 Å². The van der Waals surface area contributed by atoms with Gasteiger partial charge in [-0.05, 0) is 31.9 Å². The summed E-state index contributed by atoms with van der Waals surface area (Å²) in [6, 6.07) is 4.83. The van der Waals surface area contributed by atoms with Crippen molar-refractivity contribution in [2.45, 2.75) is 52.7 Å². The van der Waals surface area contributed by atoms with E-state index in [1.165, 1.54) is 19.2 Å². The predicted molar refractivity (Wildman–Crippen MR) is 108 cm³/mol. The zero-order valence-corrected chi connectivity index (χ0v) is 17.2. The summed E-state index contributed by atoms with van der Waals surface area (Å²) < 4.78 is 36.3. The lowest BCUT2D eigenvalue weighted by Gasteiger charge is -2.20. The number of nitrogens with one attached hydrogen (secondary N) is 2. The van der Waals surface area contributed by atoms with Gasteiger partial charge < -0.3 is 20.1 Å². The molecule has 0 atom stereocenters. The Kier molecular flexibility index (Phi) is 6.99. The van der Waals surface area contributed by atoms with Gasteiger partial charge in [0, 0.05) is 31.6 Å². The quantitative estimate of drug-likeness (QED) is 0.617. The monoisotopic (exact) mass is 394 g/mol. The molecule has 154 valence electrons. The first-order chi connectivity index (χ1) is 13.2. The average Bonchev–Trinajstić information content (AvgIpc) is 2.65. The number of hydrogen-bond donors (Lipinski definition) is 2. The molecular weight excluding hydrogens is 366 g/mol. The summed E-state index contributed by atoms with van der Waals surface area (Å²) in [4.78, 5) is 9.36. The summed E-state index contributed by atoms with van der Waals surface area (Å²) in [7, 11) is 3.25. The molecule has 0 spiro atoms. The van der Waals surface area contributed by atoms with Gasteiger partial charge in [0.25, 0.3) is 0 Å². The Morgan fingerprint density at radius 3 is 2.36 bits per heavy atom. The van der Waals surface area contributed by atoms with Crippen molar-refractivity contribution in [1.82, 2.24) is 9.97 Å². The van der Waals surface area contributed by atoms with E-state index in [0.29, 0.717) is 47.3 Å². The van der Waals surface area contributed by atoms with Crippen molar-refractivity contribution in [1.29, 1.82) is 0 Å². The molecule has 0 saturated heterocycles. The molecule has 6 nitrogen and oxygen atoms in total. The summed E-state index contributed by atoms with van der Waals surface area (Å²) in [6.45, 7) is 6.77. The first kappa shape index (κ1) is 21.7. The highest BCUT2D eigenvalue weighted by molar-refractivity contribution is 5.74. The molecular formula is C20H28F2N4O2. The van der Waals surface area contributed by atoms with Crippen LogP contribution in [0.4, 0.5) is 20.4 Å². The smallest absolute Gasteiger partial charge is 0.394 e. The van der Waals surface area contributed by atoms with E-state index in [4.69, 9.17) is 9.72 Å². The van der Waals surface area contributed by atoms with Gasteiger partial charge in [-0.3, -0.25) is 0 Å². The predicted octanol–water partition coefficient (Wildman–Crippen LogP) is 5.09. The van der Waals surface area contributed by atoms with Crippen LogP contribution in [0.5, 0.6) is 11.5 Å². The highest BCUT2D eigenvalue weighted by Gasteiger charge is 2.24. The van der Waals surface area contributed by atoms with Crippen molar-refractivity contribution in [2.75, 3.05) is 24.8 Å². The van der Waals surface area contributed by atoms with Crippen LogP contribution in [0.15, 0.2) is 18.2 Å². The number of aryl methyl sites for hydroxylation is 1. The van der Waals surface area contributed by atoms with Crippen LogP contribution in [0.2, 0.25) is 0 Å². The average molecular weight is 394 g/mol. The number of hydrogen-bond acceptors (Lipinski definition) is 6. The van der Waals surface area contributed by atoms with Crippen LogP contribution in [0.25, 0.3) is 11.3 Å². The molecule has 0 saturated carbocycles. The Morgan fingerprint density at radius 1 is 1.14 bits per heavy atom. The molecule has 0 fully saturated rings. The van der Waals surface area contributed by atoms with E-state index in [2.05, 4.69) is 34.2 Å². The van der Waals surface area contributed by atoms with Gasteiger partial charge in [0.05, 0.1) is 18.5 Å². The zero-order chi connectivity index (χ0) is 20.9. The summed E-state index contributed by atoms with van der Waals surface area (Å²) in [5.41, 5.74) is 1.94. The lowest BCUT2D eigenvalue weighted by Crippen LogP contribution is -2.20. The fourth-order valence-corrected chi connectivity index (χ4v) is 2.87. The van der Waals surface area contributed by atoms with Crippen LogP contribution >= 0.6 is 0 Å². The number of rotatable bonds is 9. The number of anilines is 2. The van der Waals surface area contributed by atoms with Crippen LogP contribution in [0.3, 0.4) is 0 Å². The minimum absolute atomic E-state index is 0.0135. The summed E-state index contributed by atoms with van der Waals surface area (Å²) in [6.07, 6.45) is -1.33. The zero-order valence-electron chi connectivity index (χ0n) is 17.2. The van der Waals surface area contributed by atoms with Crippen LogP contribution in [0, 0.1) is 6.92 Å². The molecule has 0 radical (unpaired) electrons. The van der Waals surface area contributed by atoms with Gasteiger partial charge in [-0.25, -0.2) is 9.97 Å². The van der Waals surface area contributed by atoms with E-state index in [1.807, 2.05) is 6.92 Å². The normalized spacial score (nSPS) is 11.5. The Labute approximate surface area is 164 Å². The molecule has 0 aliphatic carbocycles. The highest BCUT2D eigenvalue weighted by atomic mass is 19.3. The number of methoxy groups -OCH3 is 1. The van der Waals surface area contributed by atoms with Gasteiger partial charge >= 0.3 is 6.11 Å². The molecule has 0 bridgehead atoms. The fraction of sp³-hybridized carbons (Fsp3) is 0.500. The topological polar surface area (TPSA) is 68.3 Å². The Bertz CT molecular complexity index is 806. The fourth-order valence-electron chi connectivity index (χ4n) is 2.87. The standard InChI is InChI=1S/C20H28F2N4O2/c1-7-13(8-2)25-19-18(23-5)26-17(12(3)24-19)15-10-9-14(11-16(15)27-6)28-20(4,21)22/h9-11,13H,7-8H2,1-6H3,(H,23,26)(H,24,25). The second-order valence-electron chi connectivity index (χ2n) is 6.53. The largest absolute Gasteiger partial charge is 0.496 e. The van der Waals surface area contributed by atoms with Gasteiger partial charge in [0.15, 0.2) is 11.6 Å². The summed E-state index contributed by atoms with van der Waals surface area (Å²) in [5.74, 6) is 1.68. The number of aromatic nitrogens is 2. The first-order valence-electron chi connectivity index (χ1n) is 9.30. The van der Waals surface area contributed by atoms with Crippen LogP contribution in [0.1, 0.15) is 39.3 Å². The van der Waals surface area contributed by atoms with Crippen molar-refractivity contribution in [3.05, 3.63) is 23.9 Å². The summed E-state index contributed by atoms with van der Waals surface area (Å²) >= 11 is 0. The van der Waals surface area contributed by atoms with E-state index >= 15 is 0 Å². The second kappa shape index (κ2) is 9.03. The van der Waals surface area contributed by atoms with E-state index in [0.717, 1.165) is 12.8 Å². The molecule has 0 aliphatic rings. The molecule has 2 rings (SSSR count). The molecule has 2 N–H and O–H groups in total. The van der Waals surface area contributed by atoms with E-state index in [-0.39, 0.29) is 5.75 Å². The van der Waals surface area contributed by atoms with Crippen LogP contribution in [-0.4, -0.2) is 36.3 Å². The third kappa shape index (κ3) is 5.21. The van der Waals surface area contributed by atoms with Crippen molar-refractivity contribution < 1.29 is 18.3 Å². The molecule has 28 heavy (non-hydrogen) atoms. The molecule has 1 heterocycles. The number of halogens is 2. The Balaban J connectivity index is 2.47. The lowest BCUT2D eigenvalue weighted by molar-refractivity contribution is -0.159. The maximum Gasteiger partial charge on any atom is 0.394 e. The molecule has 2 aromatic rings. The van der Waals surface area contributed by atoms with E-state index in [1.54, 1.807) is 13.1 Å². The van der Waals surface area contributed by atoms with Crippen LogP contribution < -0.4 is 20.1 Å². The lowest BCUT2D eigenvalue weighted by atomic mass is 10.1. The minimum Gasteiger partial charge on any atom is -0.496 e. The minimum atomic E-state index is -3.27. The van der Waals surface area contributed by atoms with Gasteiger partial charge in [-0.2, -0.15) is 8.78 Å². The van der Waals surface area contributed by atoms with Gasteiger partial charge in [-0.15, -0.1) is 0 Å². The number of alkyl halides is 2. The van der Waals surface area contributed by atoms with Gasteiger partial charge in [-0.1, -0.05) is 13.8 Å². The third-order valence-corrected chi connectivity index (χ3v) is 4.36. The van der Waals surface area contributed by atoms with Crippen molar-refractivity contribution >= 4 is 11.6 Å². The maximum atomic E-state index is 13.1. The van der Waals surface area contributed by atoms with Crippen molar-refractivity contribution in [3.63, 3.8) is 0 Å². The SMILES string of the molecule is CCC(CC)Nc1nc(C)c(-c2ccc(OC(C)(F)F)cc2OC)nc1NC. The molecule has 0 aliphatic heterocycles. The summed E-state index contributed by atoms with van der Waals surface area (Å²) in [5, 5.41) is 6.48. The number of nitrogens with zero attached hydrogens (tertiary/aromatic N) is 2. The maximum absolute atomic E-state index is 13.1. The molecule has 1 aromatic heterocycles. The molecule has 0 unspecified atom stereocenters. The van der Waals surface area contributed by atoms with Gasteiger partial charge in [0.2, 0.25) is 0 Å². The van der Waals surface area contributed by atoms with Crippen molar-refractivity contribution in [2.24, 2.45) is 0 Å². The first-order valence-corrected chi connectivity index (χ1v) is 9.30. The molecule has 8 heteroatoms. The number of ether oxygens (including phenoxy) is 2. The third-order valence-electron chi connectivity index (χ3n) is 4.36. The second-order valence-corrected chi connectivity index (χ2v) is 6.53. The highest BCUT2D eigenvalue weighted by Crippen LogP contribution is 2.36. The molecule has 1 aromatic carbocycles. The number of benzene rings is 1. The van der Waals surface area contributed by atoms with Crippen LogP contribution in [-0.2, 0) is 0 Å². The van der Waals surface area contributed by atoms with E-state index < -0.39 is 6.11 Å². The Hall–Kier alpha value is -2.64. The van der Waals surface area contributed by atoms with E-state index in [9.17, 15) is 8.78 Å². The molecule has 0 amide bonds.